The summed E-state index contributed by atoms with van der Waals surface area (Å²) < 4.78 is 78.7. The molecule has 2 heterocycles. The molecule has 1 saturated carbocycles. The van der Waals surface area contributed by atoms with E-state index in [-0.39, 0.29) is 44.1 Å². The molecule has 6 atom stereocenters. The van der Waals surface area contributed by atoms with Crippen molar-refractivity contribution in [2.24, 2.45) is 17.8 Å². The third kappa shape index (κ3) is 4.54. The molecule has 3 aromatic rings. The Hall–Kier alpha value is -4.61. The van der Waals surface area contributed by atoms with Crippen LogP contribution >= 0.6 is 39.1 Å². The van der Waals surface area contributed by atoms with E-state index < -0.39 is 109 Å². The van der Waals surface area contributed by atoms with Gasteiger partial charge in [0.2, 0.25) is 17.6 Å². The van der Waals surface area contributed by atoms with Crippen molar-refractivity contribution in [1.82, 2.24) is 0 Å². The zero-order chi connectivity index (χ0) is 37.9. The highest BCUT2D eigenvalue weighted by atomic mass is 79.9. The smallest absolute Gasteiger partial charge is 0.269 e. The predicted molar refractivity (Wildman–Crippen MR) is 174 cm³/mol. The summed E-state index contributed by atoms with van der Waals surface area (Å²) >= 11 is 17.4. The van der Waals surface area contributed by atoms with E-state index in [1.165, 1.54) is 37.5 Å². The number of phenols is 1. The van der Waals surface area contributed by atoms with Gasteiger partial charge in [0.1, 0.15) is 5.69 Å². The lowest BCUT2D eigenvalue weighted by Crippen LogP contribution is -2.60. The summed E-state index contributed by atoms with van der Waals surface area (Å²) in [5.74, 6) is -23.1. The Balaban J connectivity index is 1.43. The highest BCUT2D eigenvalue weighted by Crippen LogP contribution is 2.66. The summed E-state index contributed by atoms with van der Waals surface area (Å²) in [6.45, 7) is 0. The number of nitro benzene ring substituents is 1. The average molecular weight is 831 g/mol. The van der Waals surface area contributed by atoms with Crippen LogP contribution in [0.1, 0.15) is 24.3 Å². The Bertz CT molecular complexity index is 2200. The first-order valence-electron chi connectivity index (χ1n) is 15.1. The molecule has 0 bridgehead atoms. The van der Waals surface area contributed by atoms with Gasteiger partial charge in [0.05, 0.1) is 34.0 Å². The normalized spacial score (nSPS) is 28.1. The average Bonchev–Trinajstić information content (AvgIpc) is 3.45. The Morgan fingerprint density at radius 3 is 2.08 bits per heavy atom. The van der Waals surface area contributed by atoms with Gasteiger partial charge in [-0.1, -0.05) is 11.6 Å². The number of anilines is 2. The van der Waals surface area contributed by atoms with Crippen molar-refractivity contribution >= 4 is 79.8 Å². The van der Waals surface area contributed by atoms with Crippen LogP contribution in [0.2, 0.25) is 0 Å². The van der Waals surface area contributed by atoms with Crippen molar-refractivity contribution < 1.29 is 55.9 Å². The van der Waals surface area contributed by atoms with E-state index in [0.29, 0.717) is 0 Å². The minimum absolute atomic E-state index is 0.000332. The first kappa shape index (κ1) is 35.8. The molecule has 52 heavy (non-hydrogen) atoms. The second-order valence-corrected chi connectivity index (χ2v) is 14.6. The van der Waals surface area contributed by atoms with Crippen LogP contribution in [0.15, 0.2) is 52.5 Å². The number of fused-ring (bicyclic) bond motifs is 4. The van der Waals surface area contributed by atoms with Crippen molar-refractivity contribution in [3.05, 3.63) is 97.3 Å². The molecule has 2 saturated heterocycles. The second kappa shape index (κ2) is 12.0. The first-order chi connectivity index (χ1) is 24.4. The molecule has 2 aliphatic carbocycles. The lowest BCUT2D eigenvalue weighted by Gasteiger charge is -2.50. The number of hydrogen-bond donors (Lipinski definition) is 1. The van der Waals surface area contributed by atoms with E-state index in [1.807, 2.05) is 0 Å². The number of halogens is 8. The minimum Gasteiger partial charge on any atom is -0.503 e. The molecule has 4 amide bonds. The quantitative estimate of drug-likeness (QED) is 0.0446. The van der Waals surface area contributed by atoms with E-state index in [9.17, 15) is 47.6 Å². The molecule has 6 unspecified atom stereocenters. The number of methoxy groups -OCH3 is 1. The predicted octanol–water partition coefficient (Wildman–Crippen LogP) is 6.54. The fourth-order valence-electron chi connectivity index (χ4n) is 7.83. The monoisotopic (exact) mass is 829 g/mol. The maximum absolute atomic E-state index is 15.2. The summed E-state index contributed by atoms with van der Waals surface area (Å²) in [6, 6.07) is 7.03. The fourth-order valence-corrected chi connectivity index (χ4v) is 9.23. The van der Waals surface area contributed by atoms with E-state index in [4.69, 9.17) is 27.9 Å². The van der Waals surface area contributed by atoms with Gasteiger partial charge in [0.15, 0.2) is 44.5 Å². The van der Waals surface area contributed by atoms with Crippen molar-refractivity contribution in [2.45, 2.75) is 28.5 Å². The molecule has 4 aliphatic rings. The molecule has 7 rings (SSSR count). The third-order valence-corrected chi connectivity index (χ3v) is 12.2. The number of phenolic OH excluding ortho intramolecular Hbond substituents is 1. The van der Waals surface area contributed by atoms with Gasteiger partial charge in [0.25, 0.3) is 17.5 Å². The molecule has 0 spiro atoms. The number of benzene rings is 3. The van der Waals surface area contributed by atoms with Crippen LogP contribution in [0, 0.1) is 57.0 Å². The Morgan fingerprint density at radius 2 is 1.50 bits per heavy atom. The Morgan fingerprint density at radius 1 is 0.904 bits per heavy atom. The van der Waals surface area contributed by atoms with E-state index in [2.05, 4.69) is 15.9 Å². The molecule has 11 nitrogen and oxygen atoms in total. The highest BCUT2D eigenvalue weighted by molar-refractivity contribution is 9.10. The molecule has 2 aliphatic heterocycles. The minimum atomic E-state index is -2.79. The molecular weight excluding hydrogens is 812 g/mol. The van der Waals surface area contributed by atoms with Gasteiger partial charge in [-0.25, -0.2) is 26.9 Å². The third-order valence-electron chi connectivity index (χ3n) is 10.1. The largest absolute Gasteiger partial charge is 0.503 e. The molecule has 0 radical (unpaired) electrons. The summed E-state index contributed by atoms with van der Waals surface area (Å²) in [5.41, 5.74) is -2.08. The molecule has 1 N–H and O–H groups in total. The van der Waals surface area contributed by atoms with Crippen LogP contribution in [-0.4, -0.2) is 50.5 Å². The highest BCUT2D eigenvalue weighted by Gasteiger charge is 2.77. The fraction of sp³-hybridized carbons (Fsp3) is 0.273. The summed E-state index contributed by atoms with van der Waals surface area (Å²) in [4.78, 5) is 62.2. The Labute approximate surface area is 306 Å². The SMILES string of the molecule is COc1cc(C2C3=CCC4C(=O)N(c5ccc([N+](=O)[O-])cc5)C(=O)C4C3CC3(Cl)C(=O)N(c4c(F)c(F)c(F)c(F)c4F)C(=O)C23Cl)cc(Br)c1O. The number of rotatable bonds is 5. The van der Waals surface area contributed by atoms with E-state index in [1.54, 1.807) is 0 Å². The van der Waals surface area contributed by atoms with Crippen LogP contribution in [-0.2, 0) is 19.2 Å². The van der Waals surface area contributed by atoms with Crippen LogP contribution < -0.4 is 14.5 Å². The number of nitrogens with zero attached hydrogens (tertiary/aromatic N) is 3. The number of alkyl halides is 2. The lowest BCUT2D eigenvalue weighted by atomic mass is 9.56. The number of carbonyl (C=O) groups is 4. The summed E-state index contributed by atoms with van der Waals surface area (Å²) in [7, 11) is 1.19. The standard InChI is InChI=1S/C33H19BrCl2F5N3O8/c1-52-18-9-11(8-17(34)27(18)45)20-14-6-7-15-19(29(47)42(28(15)46)12-2-4-13(5-3-12)44(50)51)16(14)10-32(35)30(48)43(31(49)33(20,32)36)26-24(40)22(38)21(37)23(39)25(26)41/h2-6,8-9,15-16,19-20,45H,7,10H2,1H3. The van der Waals surface area contributed by atoms with Gasteiger partial charge >= 0.3 is 0 Å². The van der Waals surface area contributed by atoms with Gasteiger partial charge < -0.3 is 9.84 Å². The Kier molecular flexibility index (Phi) is 8.23. The number of hydrogen-bond acceptors (Lipinski definition) is 8. The van der Waals surface area contributed by atoms with Gasteiger partial charge in [-0.2, -0.15) is 0 Å². The van der Waals surface area contributed by atoms with Crippen molar-refractivity contribution in [3.63, 3.8) is 0 Å². The number of imide groups is 2. The number of carbonyl (C=O) groups excluding carboxylic acids is 4. The van der Waals surface area contributed by atoms with Gasteiger partial charge in [-0.05, 0) is 64.5 Å². The topological polar surface area (TPSA) is 147 Å². The first-order valence-corrected chi connectivity index (χ1v) is 16.6. The van der Waals surface area contributed by atoms with E-state index >= 15 is 8.78 Å². The van der Waals surface area contributed by atoms with Crippen molar-refractivity contribution in [2.75, 3.05) is 16.9 Å². The zero-order valence-electron chi connectivity index (χ0n) is 25.9. The second-order valence-electron chi connectivity index (χ2n) is 12.5. The van der Waals surface area contributed by atoms with E-state index in [0.717, 1.165) is 17.0 Å². The lowest BCUT2D eigenvalue weighted by molar-refractivity contribution is -0.384. The zero-order valence-corrected chi connectivity index (χ0v) is 29.0. The molecule has 270 valence electrons. The number of nitro groups is 1. The number of non-ortho nitro benzene ring substituents is 1. The van der Waals surface area contributed by atoms with Crippen molar-refractivity contribution in [3.8, 4) is 11.5 Å². The molecule has 0 aromatic heterocycles. The van der Waals surface area contributed by atoms with Crippen LogP contribution in [0.5, 0.6) is 11.5 Å². The molecular formula is C33H19BrCl2F5N3O8. The van der Waals surface area contributed by atoms with Gasteiger partial charge in [-0.15, -0.1) is 23.2 Å². The van der Waals surface area contributed by atoms with Gasteiger partial charge in [0, 0.05) is 18.1 Å². The maximum Gasteiger partial charge on any atom is 0.269 e. The molecule has 19 heteroatoms. The number of ether oxygens (including phenoxy) is 1. The number of allylic oxidation sites excluding steroid dienone is 2. The molecule has 3 fully saturated rings. The maximum atomic E-state index is 15.2. The van der Waals surface area contributed by atoms with Crippen LogP contribution in [0.3, 0.4) is 0 Å². The van der Waals surface area contributed by atoms with Crippen LogP contribution in [0.25, 0.3) is 0 Å². The molecule has 3 aromatic carbocycles. The van der Waals surface area contributed by atoms with Crippen LogP contribution in [0.4, 0.5) is 39.0 Å². The number of aromatic hydroxyl groups is 1. The summed E-state index contributed by atoms with van der Waals surface area (Å²) in [5, 5.41) is 21.8. The number of amides is 4. The van der Waals surface area contributed by atoms with Gasteiger partial charge in [-0.3, -0.25) is 34.2 Å². The summed E-state index contributed by atoms with van der Waals surface area (Å²) in [6.07, 6.45) is 0.623. The van der Waals surface area contributed by atoms with Crippen molar-refractivity contribution in [1.29, 1.82) is 0 Å².